The van der Waals surface area contributed by atoms with Gasteiger partial charge in [-0.05, 0) is 31.5 Å². The van der Waals surface area contributed by atoms with Crippen molar-refractivity contribution >= 4 is 21.9 Å². The van der Waals surface area contributed by atoms with Gasteiger partial charge in [0, 0.05) is 29.1 Å². The predicted octanol–water partition coefficient (Wildman–Crippen LogP) is 3.69. The van der Waals surface area contributed by atoms with Crippen molar-refractivity contribution in [3.8, 4) is 22.3 Å². The van der Waals surface area contributed by atoms with E-state index < -0.39 is 40.1 Å². The Kier molecular flexibility index (Phi) is 7.13. The van der Waals surface area contributed by atoms with Crippen LogP contribution in [0.3, 0.4) is 0 Å². The van der Waals surface area contributed by atoms with E-state index >= 15 is 0 Å². The summed E-state index contributed by atoms with van der Waals surface area (Å²) in [5.74, 6) is -3.09. The third-order valence-electron chi connectivity index (χ3n) is 4.73. The monoisotopic (exact) mass is 512 g/mol. The molecule has 0 aliphatic carbocycles. The normalized spacial score (nSPS) is 12.4. The minimum atomic E-state index is -5.22. The van der Waals surface area contributed by atoms with Crippen molar-refractivity contribution in [2.45, 2.75) is 30.5 Å². The number of carbonyl (C=O) groups is 1. The molecule has 0 fully saturated rings. The summed E-state index contributed by atoms with van der Waals surface area (Å²) >= 11 is 0. The van der Waals surface area contributed by atoms with Gasteiger partial charge in [-0.25, -0.2) is 32.3 Å². The van der Waals surface area contributed by atoms with Gasteiger partial charge >= 0.3 is 12.1 Å². The van der Waals surface area contributed by atoms with Crippen LogP contribution in [0, 0.1) is 5.82 Å². The summed E-state index contributed by atoms with van der Waals surface area (Å²) in [5, 5.41) is 0. The third-order valence-corrected chi connectivity index (χ3v) is 6.19. The number of hydrogen-bond acceptors (Lipinski definition) is 7. The molecule has 35 heavy (non-hydrogen) atoms. The molecular weight excluding hydrogens is 492 g/mol. The van der Waals surface area contributed by atoms with E-state index in [4.69, 9.17) is 5.73 Å². The van der Waals surface area contributed by atoms with Gasteiger partial charge in [-0.1, -0.05) is 30.3 Å². The number of anilines is 1. The number of halogens is 4. The highest BCUT2D eigenvalue weighted by Gasteiger charge is 2.44. The molecule has 3 aromatic rings. The summed E-state index contributed by atoms with van der Waals surface area (Å²) in [5.41, 5.74) is 4.54. The van der Waals surface area contributed by atoms with Crippen molar-refractivity contribution in [3.63, 3.8) is 0 Å². The summed E-state index contributed by atoms with van der Waals surface area (Å²) in [6.45, 7) is 1.61. The van der Waals surface area contributed by atoms with Crippen molar-refractivity contribution < 1.29 is 35.5 Å². The number of carbonyl (C=O) groups excluding carboxylic acids is 1. The molecule has 0 unspecified atom stereocenters. The molecule has 1 heterocycles. The van der Waals surface area contributed by atoms with Gasteiger partial charge in [0.05, 0.1) is 11.4 Å². The van der Waals surface area contributed by atoms with Crippen LogP contribution in [0.4, 0.5) is 23.5 Å². The van der Waals surface area contributed by atoms with E-state index in [1.165, 1.54) is 42.7 Å². The van der Waals surface area contributed by atoms with E-state index in [1.54, 1.807) is 6.07 Å². The van der Waals surface area contributed by atoms with Crippen LogP contribution in [0.25, 0.3) is 22.3 Å². The topological polar surface area (TPSA) is 124 Å². The van der Waals surface area contributed by atoms with Crippen LogP contribution in [-0.4, -0.2) is 42.7 Å². The largest absolute Gasteiger partial charge is 0.490 e. The summed E-state index contributed by atoms with van der Waals surface area (Å²) in [6.07, 6.45) is -2.54. The summed E-state index contributed by atoms with van der Waals surface area (Å²) < 4.78 is 84.8. The number of nitrogen functional groups attached to an aromatic ring is 1. The SMILES string of the molecule is CC(C)(CNS(=O)(=O)c1ccccc1-c1ccc(-c2cnc(N)nc2)c(F)c1)OC(=O)C(F)(F)F. The zero-order chi connectivity index (χ0) is 26.0. The van der Waals surface area contributed by atoms with Crippen LogP contribution in [0.5, 0.6) is 0 Å². The first-order chi connectivity index (χ1) is 16.2. The van der Waals surface area contributed by atoms with Gasteiger partial charge in [0.15, 0.2) is 0 Å². The average Bonchev–Trinajstić information content (AvgIpc) is 2.78. The van der Waals surface area contributed by atoms with Crippen molar-refractivity contribution in [2.75, 3.05) is 12.3 Å². The Bertz CT molecular complexity index is 1340. The Labute approximate surface area is 198 Å². The lowest BCUT2D eigenvalue weighted by molar-refractivity contribution is -0.210. The van der Waals surface area contributed by atoms with E-state index in [9.17, 15) is 30.8 Å². The Hall–Kier alpha value is -3.58. The second kappa shape index (κ2) is 9.58. The minimum absolute atomic E-state index is 0.0220. The molecule has 8 nitrogen and oxygen atoms in total. The smallest absolute Gasteiger partial charge is 0.452 e. The second-order valence-electron chi connectivity index (χ2n) is 7.99. The van der Waals surface area contributed by atoms with Gasteiger partial charge in [0.2, 0.25) is 16.0 Å². The molecule has 0 atom stereocenters. The lowest BCUT2D eigenvalue weighted by atomic mass is 10.0. The molecule has 0 bridgehead atoms. The third kappa shape index (κ3) is 6.31. The molecule has 3 N–H and O–H groups in total. The maximum Gasteiger partial charge on any atom is 0.490 e. The Balaban J connectivity index is 1.87. The van der Waals surface area contributed by atoms with E-state index in [0.29, 0.717) is 5.56 Å². The van der Waals surface area contributed by atoms with Crippen LogP contribution >= 0.6 is 0 Å². The van der Waals surface area contributed by atoms with Gasteiger partial charge in [0.25, 0.3) is 0 Å². The first kappa shape index (κ1) is 26.0. The first-order valence-electron chi connectivity index (χ1n) is 9.96. The second-order valence-corrected chi connectivity index (χ2v) is 9.73. The van der Waals surface area contributed by atoms with Gasteiger partial charge in [-0.3, -0.25) is 0 Å². The number of ether oxygens (including phenoxy) is 1. The standard InChI is InChI=1S/C22H20F4N4O4S/c1-21(2,34-19(31)22(24,25)26)12-30-35(32,33)18-6-4-3-5-16(18)13-7-8-15(17(23)9-13)14-10-28-20(27)29-11-14/h3-11,30H,12H2,1-2H3,(H2,27,28,29). The molecular formula is C22H20F4N4O4S. The van der Waals surface area contributed by atoms with Gasteiger partial charge in [-0.15, -0.1) is 0 Å². The minimum Gasteiger partial charge on any atom is -0.452 e. The number of hydrogen-bond donors (Lipinski definition) is 2. The molecule has 1 aromatic heterocycles. The van der Waals surface area contributed by atoms with Crippen LogP contribution in [0.2, 0.25) is 0 Å². The Morgan fingerprint density at radius 2 is 1.66 bits per heavy atom. The molecule has 0 aliphatic heterocycles. The van der Waals surface area contributed by atoms with Crippen molar-refractivity contribution in [1.82, 2.24) is 14.7 Å². The zero-order valence-corrected chi connectivity index (χ0v) is 19.2. The lowest BCUT2D eigenvalue weighted by Gasteiger charge is -2.26. The van der Waals surface area contributed by atoms with Gasteiger partial charge in [-0.2, -0.15) is 13.2 Å². The fourth-order valence-corrected chi connectivity index (χ4v) is 4.45. The maximum atomic E-state index is 14.9. The average molecular weight is 512 g/mol. The number of benzene rings is 2. The number of nitrogens with one attached hydrogen (secondary N) is 1. The number of rotatable bonds is 7. The summed E-state index contributed by atoms with van der Waals surface area (Å²) in [4.78, 5) is 18.5. The number of sulfonamides is 1. The van der Waals surface area contributed by atoms with E-state index in [-0.39, 0.29) is 27.5 Å². The molecule has 0 saturated carbocycles. The fraction of sp³-hybridized carbons (Fsp3) is 0.227. The van der Waals surface area contributed by atoms with Gasteiger partial charge in [0.1, 0.15) is 11.4 Å². The molecule has 13 heteroatoms. The van der Waals surface area contributed by atoms with Crippen LogP contribution in [0.15, 0.2) is 59.8 Å². The fourth-order valence-electron chi connectivity index (χ4n) is 3.02. The Morgan fingerprint density at radius 3 is 2.26 bits per heavy atom. The molecule has 0 spiro atoms. The number of nitrogens with two attached hydrogens (primary N) is 1. The van der Waals surface area contributed by atoms with Crippen molar-refractivity contribution in [1.29, 1.82) is 0 Å². The first-order valence-corrected chi connectivity index (χ1v) is 11.4. The van der Waals surface area contributed by atoms with Crippen molar-refractivity contribution in [2.24, 2.45) is 0 Å². The molecule has 0 aliphatic rings. The summed E-state index contributed by atoms with van der Waals surface area (Å²) in [7, 11) is -4.30. The molecule has 0 amide bonds. The lowest BCUT2D eigenvalue weighted by Crippen LogP contribution is -2.44. The number of nitrogens with zero attached hydrogens (tertiary/aromatic N) is 2. The van der Waals surface area contributed by atoms with Gasteiger partial charge < -0.3 is 10.5 Å². The Morgan fingerprint density at radius 1 is 1.03 bits per heavy atom. The molecule has 2 aromatic carbocycles. The molecule has 186 valence electrons. The van der Waals surface area contributed by atoms with E-state index in [1.807, 2.05) is 0 Å². The number of aromatic nitrogens is 2. The highest BCUT2D eigenvalue weighted by Crippen LogP contribution is 2.31. The number of alkyl halides is 3. The van der Waals surface area contributed by atoms with E-state index in [2.05, 4.69) is 19.4 Å². The molecule has 0 saturated heterocycles. The van der Waals surface area contributed by atoms with Crippen LogP contribution in [0.1, 0.15) is 13.8 Å². The highest BCUT2D eigenvalue weighted by molar-refractivity contribution is 7.89. The van der Waals surface area contributed by atoms with Crippen LogP contribution in [-0.2, 0) is 19.6 Å². The molecule has 0 radical (unpaired) electrons. The highest BCUT2D eigenvalue weighted by atomic mass is 32.2. The summed E-state index contributed by atoms with van der Waals surface area (Å²) in [6, 6.07) is 9.74. The quantitative estimate of drug-likeness (QED) is 0.365. The van der Waals surface area contributed by atoms with Crippen LogP contribution < -0.4 is 10.5 Å². The van der Waals surface area contributed by atoms with E-state index in [0.717, 1.165) is 19.9 Å². The number of esters is 1. The molecule has 3 rings (SSSR count). The zero-order valence-electron chi connectivity index (χ0n) is 18.4. The van der Waals surface area contributed by atoms with Crippen molar-refractivity contribution in [3.05, 3.63) is 60.7 Å². The predicted molar refractivity (Wildman–Crippen MR) is 119 cm³/mol. The maximum absolute atomic E-state index is 14.9.